The van der Waals surface area contributed by atoms with Crippen molar-refractivity contribution in [1.82, 2.24) is 20.4 Å². The lowest BCUT2D eigenvalue weighted by Crippen LogP contribution is -2.16. The van der Waals surface area contributed by atoms with Crippen LogP contribution < -0.4 is 5.56 Å². The van der Waals surface area contributed by atoms with Crippen molar-refractivity contribution in [2.75, 3.05) is 0 Å². The number of carbonyl (C=O) groups is 1. The lowest BCUT2D eigenvalue weighted by Gasteiger charge is -2.04. The number of ether oxygens (including phenoxy) is 1. The number of fused-ring (bicyclic) bond motifs is 1. The monoisotopic (exact) mass is 286 g/mol. The quantitative estimate of drug-likeness (QED) is 0.714. The van der Waals surface area contributed by atoms with E-state index in [0.717, 1.165) is 0 Å². The summed E-state index contributed by atoms with van der Waals surface area (Å²) in [5, 5.41) is 14.1. The second-order valence-electron chi connectivity index (χ2n) is 4.24. The summed E-state index contributed by atoms with van der Waals surface area (Å²) >= 11 is 0. The molecule has 0 aliphatic carbocycles. The fourth-order valence-electron chi connectivity index (χ4n) is 1.86. The maximum atomic E-state index is 12.1. The van der Waals surface area contributed by atoms with Gasteiger partial charge in [0.25, 0.3) is 11.4 Å². The van der Waals surface area contributed by atoms with E-state index >= 15 is 0 Å². The zero-order chi connectivity index (χ0) is 14.8. The van der Waals surface area contributed by atoms with E-state index < -0.39 is 5.97 Å². The molecule has 21 heavy (non-hydrogen) atoms. The highest BCUT2D eigenvalue weighted by atomic mass is 16.5. The first-order chi connectivity index (χ1) is 10.1. The fourth-order valence-corrected chi connectivity index (χ4v) is 1.86. The Morgan fingerprint density at radius 2 is 2.05 bits per heavy atom. The minimum absolute atomic E-state index is 0.0291. The molecule has 0 saturated carbocycles. The van der Waals surface area contributed by atoms with Crippen LogP contribution in [0.2, 0.25) is 0 Å². The number of aromatic amines is 1. The van der Waals surface area contributed by atoms with Gasteiger partial charge in [-0.2, -0.15) is 5.10 Å². The lowest BCUT2D eigenvalue weighted by molar-refractivity contribution is 0.0431. The molecule has 0 spiro atoms. The predicted octanol–water partition coefficient (Wildman–Crippen LogP) is 0.972. The molecule has 3 aromatic rings. The van der Waals surface area contributed by atoms with E-state index in [1.807, 2.05) is 0 Å². The van der Waals surface area contributed by atoms with Gasteiger partial charge in [0.1, 0.15) is 0 Å². The Balaban J connectivity index is 1.88. The number of benzene rings is 1. The van der Waals surface area contributed by atoms with E-state index in [0.29, 0.717) is 16.7 Å². The van der Waals surface area contributed by atoms with Gasteiger partial charge >= 0.3 is 5.97 Å². The molecule has 2 aromatic heterocycles. The van der Waals surface area contributed by atoms with Crippen molar-refractivity contribution in [2.45, 2.75) is 13.5 Å². The van der Waals surface area contributed by atoms with Crippen molar-refractivity contribution in [3.63, 3.8) is 0 Å². The molecule has 3 rings (SSSR count). The molecule has 106 valence electrons. The highest BCUT2D eigenvalue weighted by Gasteiger charge is 2.16. The van der Waals surface area contributed by atoms with Gasteiger partial charge in [-0.25, -0.2) is 9.89 Å². The van der Waals surface area contributed by atoms with Crippen LogP contribution in [0.5, 0.6) is 0 Å². The first-order valence-corrected chi connectivity index (χ1v) is 6.08. The molecule has 8 nitrogen and oxygen atoms in total. The summed E-state index contributed by atoms with van der Waals surface area (Å²) in [6.07, 6.45) is 0. The van der Waals surface area contributed by atoms with E-state index in [4.69, 9.17) is 9.15 Å². The Kier molecular flexibility index (Phi) is 3.19. The van der Waals surface area contributed by atoms with E-state index in [-0.39, 0.29) is 23.8 Å². The number of nitrogens with one attached hydrogen (secondary N) is 1. The normalized spacial score (nSPS) is 10.7. The van der Waals surface area contributed by atoms with Gasteiger partial charge in [-0.1, -0.05) is 18.2 Å². The van der Waals surface area contributed by atoms with Crippen molar-refractivity contribution in [3.05, 3.63) is 52.1 Å². The molecule has 1 N–H and O–H groups in total. The van der Waals surface area contributed by atoms with Crippen molar-refractivity contribution >= 4 is 16.7 Å². The van der Waals surface area contributed by atoms with Crippen molar-refractivity contribution in [1.29, 1.82) is 0 Å². The number of hydrogen-bond acceptors (Lipinski definition) is 7. The number of aryl methyl sites for hydroxylation is 1. The topological polar surface area (TPSA) is 111 Å². The average molecular weight is 286 g/mol. The summed E-state index contributed by atoms with van der Waals surface area (Å²) in [5.41, 5.74) is -0.337. The molecule has 0 fully saturated rings. The number of carbonyl (C=O) groups excluding carboxylic acids is 1. The van der Waals surface area contributed by atoms with Crippen LogP contribution in [0.25, 0.3) is 10.8 Å². The Morgan fingerprint density at radius 3 is 2.76 bits per heavy atom. The third-order valence-electron chi connectivity index (χ3n) is 2.78. The molecule has 2 heterocycles. The molecule has 0 amide bonds. The second kappa shape index (κ2) is 5.16. The second-order valence-corrected chi connectivity index (χ2v) is 4.24. The van der Waals surface area contributed by atoms with Crippen LogP contribution in [-0.2, 0) is 11.3 Å². The highest BCUT2D eigenvalue weighted by molar-refractivity contribution is 6.01. The SMILES string of the molecule is Cc1nnc(COC(=O)c2n[nH]c(=O)c3ccccc23)o1. The van der Waals surface area contributed by atoms with Gasteiger partial charge in [0, 0.05) is 12.3 Å². The summed E-state index contributed by atoms with van der Waals surface area (Å²) in [4.78, 5) is 23.7. The van der Waals surface area contributed by atoms with Crippen LogP contribution in [0.3, 0.4) is 0 Å². The van der Waals surface area contributed by atoms with Crippen LogP contribution in [0.4, 0.5) is 0 Å². The average Bonchev–Trinajstić information content (AvgIpc) is 2.91. The summed E-state index contributed by atoms with van der Waals surface area (Å²) in [6.45, 7) is 1.48. The molecule has 0 bridgehead atoms. The minimum atomic E-state index is -0.682. The van der Waals surface area contributed by atoms with Gasteiger partial charge in [0.2, 0.25) is 5.89 Å². The van der Waals surface area contributed by atoms with E-state index in [9.17, 15) is 9.59 Å². The molecule has 0 aliphatic rings. The molecule has 8 heteroatoms. The van der Waals surface area contributed by atoms with Crippen LogP contribution in [-0.4, -0.2) is 26.4 Å². The van der Waals surface area contributed by atoms with Crippen molar-refractivity contribution in [3.8, 4) is 0 Å². The summed E-state index contributed by atoms with van der Waals surface area (Å²) in [6, 6.07) is 6.65. The van der Waals surface area contributed by atoms with Crippen LogP contribution in [0.15, 0.2) is 33.5 Å². The summed E-state index contributed by atoms with van der Waals surface area (Å²) < 4.78 is 10.2. The molecule has 0 aliphatic heterocycles. The number of hydrogen-bond donors (Lipinski definition) is 1. The van der Waals surface area contributed by atoms with Crippen LogP contribution in [0, 0.1) is 6.92 Å². The van der Waals surface area contributed by atoms with E-state index in [1.54, 1.807) is 31.2 Å². The first-order valence-electron chi connectivity index (χ1n) is 6.08. The first kappa shape index (κ1) is 13.0. The Morgan fingerprint density at radius 1 is 1.29 bits per heavy atom. The van der Waals surface area contributed by atoms with Crippen LogP contribution in [0.1, 0.15) is 22.3 Å². The van der Waals surface area contributed by atoms with Crippen LogP contribution >= 0.6 is 0 Å². The Bertz CT molecular complexity index is 868. The highest BCUT2D eigenvalue weighted by Crippen LogP contribution is 2.14. The Hall–Kier alpha value is -3.03. The molecule has 1 aromatic carbocycles. The zero-order valence-electron chi connectivity index (χ0n) is 11.0. The Labute approximate surface area is 117 Å². The predicted molar refractivity (Wildman–Crippen MR) is 70.5 cm³/mol. The van der Waals surface area contributed by atoms with E-state index in [1.165, 1.54) is 0 Å². The van der Waals surface area contributed by atoms with Gasteiger partial charge in [-0.15, -0.1) is 10.2 Å². The third-order valence-corrected chi connectivity index (χ3v) is 2.78. The van der Waals surface area contributed by atoms with Crippen molar-refractivity contribution < 1.29 is 13.9 Å². The molecule has 0 saturated heterocycles. The van der Waals surface area contributed by atoms with Crippen molar-refractivity contribution in [2.24, 2.45) is 0 Å². The number of esters is 1. The zero-order valence-corrected chi connectivity index (χ0v) is 11.0. The molecule has 0 unspecified atom stereocenters. The molecule has 0 radical (unpaired) electrons. The third kappa shape index (κ3) is 2.50. The fraction of sp³-hybridized carbons (Fsp3) is 0.154. The van der Waals surface area contributed by atoms with Gasteiger partial charge in [0.15, 0.2) is 12.3 Å². The molecule has 0 atom stereocenters. The number of H-pyrrole nitrogens is 1. The lowest BCUT2D eigenvalue weighted by atomic mass is 10.1. The molecular weight excluding hydrogens is 276 g/mol. The number of aromatic nitrogens is 4. The summed E-state index contributed by atoms with van der Waals surface area (Å²) in [5.74, 6) is -0.110. The van der Waals surface area contributed by atoms with Gasteiger partial charge in [-0.3, -0.25) is 4.79 Å². The standard InChI is InChI=1S/C13H10N4O4/c1-7-14-15-10(21-7)6-20-13(19)11-8-4-2-3-5-9(8)12(18)17-16-11/h2-5H,6H2,1H3,(H,17,18). The molecular formula is C13H10N4O4. The van der Waals surface area contributed by atoms with Gasteiger partial charge < -0.3 is 9.15 Å². The number of nitrogens with zero attached hydrogens (tertiary/aromatic N) is 3. The smallest absolute Gasteiger partial charge is 0.359 e. The van der Waals surface area contributed by atoms with Gasteiger partial charge in [0.05, 0.1) is 5.39 Å². The largest absolute Gasteiger partial charge is 0.451 e. The van der Waals surface area contributed by atoms with E-state index in [2.05, 4.69) is 20.4 Å². The minimum Gasteiger partial charge on any atom is -0.451 e. The maximum Gasteiger partial charge on any atom is 0.359 e. The maximum absolute atomic E-state index is 12.1. The number of rotatable bonds is 3. The summed E-state index contributed by atoms with van der Waals surface area (Å²) in [7, 11) is 0. The van der Waals surface area contributed by atoms with Gasteiger partial charge in [-0.05, 0) is 6.07 Å².